The molecule has 2 heterocycles. The number of aryl methyl sites for hydroxylation is 1. The highest BCUT2D eigenvalue weighted by Crippen LogP contribution is 2.18. The van der Waals surface area contributed by atoms with E-state index in [1.165, 1.54) is 37.7 Å². The van der Waals surface area contributed by atoms with Crippen LogP contribution in [-0.2, 0) is 9.59 Å². The maximum Gasteiger partial charge on any atom is 0.246 e. The maximum absolute atomic E-state index is 12.6. The van der Waals surface area contributed by atoms with Crippen molar-refractivity contribution in [1.82, 2.24) is 9.80 Å². The fraction of sp³-hybridized carbons (Fsp3) is 0.600. The fourth-order valence-electron chi connectivity index (χ4n) is 3.65. The zero-order valence-corrected chi connectivity index (χ0v) is 15.2. The van der Waals surface area contributed by atoms with Crippen LogP contribution in [0.1, 0.15) is 37.7 Å². The number of piperazine rings is 1. The van der Waals surface area contributed by atoms with Crippen molar-refractivity contribution < 1.29 is 9.59 Å². The van der Waals surface area contributed by atoms with Gasteiger partial charge in [0.15, 0.2) is 0 Å². The highest BCUT2D eigenvalue weighted by Gasteiger charge is 2.28. The lowest BCUT2D eigenvalue weighted by atomic mass is 10.1. The second-order valence-corrected chi connectivity index (χ2v) is 7.24. The van der Waals surface area contributed by atoms with E-state index in [-0.39, 0.29) is 18.4 Å². The van der Waals surface area contributed by atoms with E-state index in [2.05, 4.69) is 4.90 Å². The van der Waals surface area contributed by atoms with E-state index >= 15 is 0 Å². The van der Waals surface area contributed by atoms with Crippen molar-refractivity contribution in [3.05, 3.63) is 29.8 Å². The average molecular weight is 343 g/mol. The zero-order valence-electron chi connectivity index (χ0n) is 15.2. The summed E-state index contributed by atoms with van der Waals surface area (Å²) >= 11 is 0. The van der Waals surface area contributed by atoms with E-state index in [1.54, 1.807) is 9.80 Å². The number of likely N-dealkylation sites (tertiary alicyclic amines) is 1. The van der Waals surface area contributed by atoms with Gasteiger partial charge in [0.2, 0.25) is 11.8 Å². The van der Waals surface area contributed by atoms with Crippen LogP contribution >= 0.6 is 0 Å². The standard InChI is InChI=1S/C20H29N3O2/c1-17-7-9-18(10-8-17)23-14-13-22(16-20(23)25)19(24)15-21-11-5-3-2-4-6-12-21/h7-10H,2-6,11-16H2,1H3. The highest BCUT2D eigenvalue weighted by atomic mass is 16.2. The van der Waals surface area contributed by atoms with Crippen LogP contribution in [0.15, 0.2) is 24.3 Å². The van der Waals surface area contributed by atoms with Crippen molar-refractivity contribution in [2.75, 3.05) is 44.2 Å². The van der Waals surface area contributed by atoms with Crippen molar-refractivity contribution >= 4 is 17.5 Å². The van der Waals surface area contributed by atoms with E-state index in [1.807, 2.05) is 31.2 Å². The van der Waals surface area contributed by atoms with Crippen molar-refractivity contribution in [2.45, 2.75) is 39.0 Å². The van der Waals surface area contributed by atoms with Gasteiger partial charge in [-0.2, -0.15) is 0 Å². The molecular weight excluding hydrogens is 314 g/mol. The van der Waals surface area contributed by atoms with Gasteiger partial charge < -0.3 is 9.80 Å². The number of amides is 2. The van der Waals surface area contributed by atoms with Crippen molar-refractivity contribution in [2.24, 2.45) is 0 Å². The Morgan fingerprint density at radius 3 is 2.20 bits per heavy atom. The van der Waals surface area contributed by atoms with Crippen LogP contribution in [0.5, 0.6) is 0 Å². The fourth-order valence-corrected chi connectivity index (χ4v) is 3.65. The van der Waals surface area contributed by atoms with Crippen LogP contribution in [0.3, 0.4) is 0 Å². The van der Waals surface area contributed by atoms with Crippen LogP contribution in [0.25, 0.3) is 0 Å². The number of benzene rings is 1. The Labute approximate surface area is 150 Å². The zero-order chi connectivity index (χ0) is 17.6. The molecule has 0 atom stereocenters. The summed E-state index contributed by atoms with van der Waals surface area (Å²) in [6, 6.07) is 7.99. The minimum Gasteiger partial charge on any atom is -0.330 e. The number of carbonyl (C=O) groups excluding carboxylic acids is 2. The first-order chi connectivity index (χ1) is 12.1. The lowest BCUT2D eigenvalue weighted by molar-refractivity contribution is -0.137. The lowest BCUT2D eigenvalue weighted by Gasteiger charge is -2.35. The molecule has 5 nitrogen and oxygen atoms in total. The van der Waals surface area contributed by atoms with Gasteiger partial charge in [-0.05, 0) is 45.0 Å². The molecule has 1 aromatic rings. The molecule has 25 heavy (non-hydrogen) atoms. The molecule has 0 radical (unpaired) electrons. The van der Waals surface area contributed by atoms with E-state index in [0.29, 0.717) is 19.6 Å². The monoisotopic (exact) mass is 343 g/mol. The second kappa shape index (κ2) is 8.48. The van der Waals surface area contributed by atoms with Gasteiger partial charge >= 0.3 is 0 Å². The Hall–Kier alpha value is -1.88. The number of carbonyl (C=O) groups is 2. The maximum atomic E-state index is 12.6. The molecule has 136 valence electrons. The average Bonchev–Trinajstić information content (AvgIpc) is 2.58. The summed E-state index contributed by atoms with van der Waals surface area (Å²) in [7, 11) is 0. The van der Waals surface area contributed by atoms with Crippen LogP contribution in [0, 0.1) is 6.92 Å². The molecule has 0 aliphatic carbocycles. The summed E-state index contributed by atoms with van der Waals surface area (Å²) < 4.78 is 0. The Morgan fingerprint density at radius 2 is 1.56 bits per heavy atom. The van der Waals surface area contributed by atoms with Crippen LogP contribution in [-0.4, -0.2) is 60.9 Å². The highest BCUT2D eigenvalue weighted by molar-refractivity contribution is 5.98. The SMILES string of the molecule is Cc1ccc(N2CCN(C(=O)CN3CCCCCCC3)CC2=O)cc1. The molecule has 2 aliphatic rings. The van der Waals surface area contributed by atoms with Gasteiger partial charge in [-0.3, -0.25) is 14.5 Å². The third-order valence-electron chi connectivity index (χ3n) is 5.23. The van der Waals surface area contributed by atoms with Gasteiger partial charge in [-0.25, -0.2) is 0 Å². The molecular formula is C20H29N3O2. The molecule has 5 heteroatoms. The molecule has 0 aromatic heterocycles. The summed E-state index contributed by atoms with van der Waals surface area (Å²) in [5, 5.41) is 0. The molecule has 2 saturated heterocycles. The molecule has 0 saturated carbocycles. The minimum atomic E-state index is 0.0103. The summed E-state index contributed by atoms with van der Waals surface area (Å²) in [6.07, 6.45) is 6.19. The van der Waals surface area contributed by atoms with Crippen molar-refractivity contribution in [3.8, 4) is 0 Å². The quantitative estimate of drug-likeness (QED) is 0.847. The topological polar surface area (TPSA) is 43.9 Å². The van der Waals surface area contributed by atoms with Crippen LogP contribution in [0.4, 0.5) is 5.69 Å². The van der Waals surface area contributed by atoms with E-state index in [0.717, 1.165) is 18.8 Å². The number of rotatable bonds is 3. The van der Waals surface area contributed by atoms with Gasteiger partial charge in [-0.1, -0.05) is 37.0 Å². The Kier molecular flexibility index (Phi) is 6.08. The lowest BCUT2D eigenvalue weighted by Crippen LogP contribution is -2.54. The molecule has 1 aromatic carbocycles. The van der Waals surface area contributed by atoms with Crippen LogP contribution in [0.2, 0.25) is 0 Å². The molecule has 0 N–H and O–H groups in total. The Balaban J connectivity index is 1.53. The van der Waals surface area contributed by atoms with E-state index in [4.69, 9.17) is 0 Å². The molecule has 2 fully saturated rings. The minimum absolute atomic E-state index is 0.0103. The third-order valence-corrected chi connectivity index (χ3v) is 5.23. The number of anilines is 1. The molecule has 0 spiro atoms. The predicted octanol–water partition coefficient (Wildman–Crippen LogP) is 2.44. The molecule has 2 amide bonds. The van der Waals surface area contributed by atoms with Gasteiger partial charge in [0.25, 0.3) is 0 Å². The molecule has 0 bridgehead atoms. The molecule has 2 aliphatic heterocycles. The number of hydrogen-bond acceptors (Lipinski definition) is 3. The molecule has 0 unspecified atom stereocenters. The first-order valence-electron chi connectivity index (χ1n) is 9.50. The van der Waals surface area contributed by atoms with Gasteiger partial charge in [0.05, 0.1) is 6.54 Å². The van der Waals surface area contributed by atoms with Gasteiger partial charge in [0.1, 0.15) is 6.54 Å². The summed E-state index contributed by atoms with van der Waals surface area (Å²) in [5.74, 6) is 0.105. The van der Waals surface area contributed by atoms with Gasteiger partial charge in [0, 0.05) is 18.8 Å². The smallest absolute Gasteiger partial charge is 0.246 e. The summed E-state index contributed by atoms with van der Waals surface area (Å²) in [6.45, 7) is 5.89. The van der Waals surface area contributed by atoms with Crippen LogP contribution < -0.4 is 4.90 Å². The number of nitrogens with zero attached hydrogens (tertiary/aromatic N) is 3. The number of hydrogen-bond donors (Lipinski definition) is 0. The van der Waals surface area contributed by atoms with E-state index < -0.39 is 0 Å². The molecule has 3 rings (SSSR count). The Morgan fingerprint density at radius 1 is 0.920 bits per heavy atom. The third kappa shape index (κ3) is 4.82. The largest absolute Gasteiger partial charge is 0.330 e. The summed E-state index contributed by atoms with van der Waals surface area (Å²) in [5.41, 5.74) is 2.10. The van der Waals surface area contributed by atoms with Crippen molar-refractivity contribution in [3.63, 3.8) is 0 Å². The van der Waals surface area contributed by atoms with Gasteiger partial charge in [-0.15, -0.1) is 0 Å². The first-order valence-corrected chi connectivity index (χ1v) is 9.50. The summed E-state index contributed by atoms with van der Waals surface area (Å²) in [4.78, 5) is 30.9. The second-order valence-electron chi connectivity index (χ2n) is 7.24. The normalized spacial score (nSPS) is 20.3. The first kappa shape index (κ1) is 17.9. The van der Waals surface area contributed by atoms with E-state index in [9.17, 15) is 9.59 Å². The van der Waals surface area contributed by atoms with Crippen molar-refractivity contribution in [1.29, 1.82) is 0 Å². The predicted molar refractivity (Wildman–Crippen MR) is 99.6 cm³/mol. The Bertz CT molecular complexity index is 591.